The number of carbonyl (C=O) groups excluding carboxylic acids is 2. The van der Waals surface area contributed by atoms with E-state index in [9.17, 15) is 18.4 Å². The number of anilines is 1. The first-order valence-corrected chi connectivity index (χ1v) is 7.25. The molecule has 1 aromatic heterocycles. The molecule has 1 aromatic carbocycles. The van der Waals surface area contributed by atoms with Crippen molar-refractivity contribution in [3.63, 3.8) is 0 Å². The molecule has 2 rings (SSSR count). The summed E-state index contributed by atoms with van der Waals surface area (Å²) in [5.74, 6) is -3.24. The van der Waals surface area contributed by atoms with E-state index in [1.165, 1.54) is 13.0 Å². The summed E-state index contributed by atoms with van der Waals surface area (Å²) in [6.45, 7) is 4.73. The Morgan fingerprint density at radius 1 is 1.33 bits per heavy atom. The van der Waals surface area contributed by atoms with Gasteiger partial charge in [-0.1, -0.05) is 12.1 Å². The summed E-state index contributed by atoms with van der Waals surface area (Å²) in [6.07, 6.45) is -0.679. The van der Waals surface area contributed by atoms with E-state index in [0.717, 1.165) is 12.1 Å². The van der Waals surface area contributed by atoms with Crippen LogP contribution in [0.15, 0.2) is 22.7 Å². The Labute approximate surface area is 136 Å². The normalized spacial score (nSPS) is 11.9. The number of hydrogen-bond donors (Lipinski definition) is 1. The molecule has 0 saturated carbocycles. The quantitative estimate of drug-likeness (QED) is 0.848. The fourth-order valence-corrected chi connectivity index (χ4v) is 2.01. The van der Waals surface area contributed by atoms with Crippen molar-refractivity contribution < 1.29 is 27.6 Å². The Bertz CT molecular complexity index is 773. The van der Waals surface area contributed by atoms with Crippen molar-refractivity contribution in [1.29, 1.82) is 0 Å². The Morgan fingerprint density at radius 3 is 2.67 bits per heavy atom. The third kappa shape index (κ3) is 3.76. The number of aromatic nitrogens is 1. The summed E-state index contributed by atoms with van der Waals surface area (Å²) >= 11 is 0. The number of esters is 1. The third-order valence-corrected chi connectivity index (χ3v) is 3.31. The van der Waals surface area contributed by atoms with Crippen LogP contribution < -0.4 is 5.32 Å². The van der Waals surface area contributed by atoms with Crippen LogP contribution in [0.3, 0.4) is 0 Å². The molecule has 0 aliphatic rings. The first-order valence-electron chi connectivity index (χ1n) is 7.25. The number of amides is 1. The van der Waals surface area contributed by atoms with Crippen molar-refractivity contribution in [3.8, 4) is 0 Å². The van der Waals surface area contributed by atoms with Gasteiger partial charge in [0, 0.05) is 11.8 Å². The average molecular weight is 338 g/mol. The number of aryl methyl sites for hydroxylation is 2. The van der Waals surface area contributed by atoms with E-state index in [-0.39, 0.29) is 11.3 Å². The van der Waals surface area contributed by atoms with E-state index >= 15 is 0 Å². The molecule has 1 atom stereocenters. The van der Waals surface area contributed by atoms with Gasteiger partial charge in [-0.3, -0.25) is 4.79 Å². The number of carbonyl (C=O) groups is 2. The highest BCUT2D eigenvalue weighted by atomic mass is 19.2. The maximum Gasteiger partial charge on any atom is 0.344 e. The number of ether oxygens (including phenoxy) is 1. The van der Waals surface area contributed by atoms with Crippen molar-refractivity contribution >= 4 is 17.6 Å². The molecule has 0 aliphatic heterocycles. The van der Waals surface area contributed by atoms with Crippen LogP contribution in [0.25, 0.3) is 0 Å². The van der Waals surface area contributed by atoms with Gasteiger partial charge in [-0.15, -0.1) is 0 Å². The molecule has 24 heavy (non-hydrogen) atoms. The van der Waals surface area contributed by atoms with Gasteiger partial charge in [0.1, 0.15) is 11.3 Å². The molecular weight excluding hydrogens is 322 g/mol. The third-order valence-electron chi connectivity index (χ3n) is 3.31. The molecule has 0 aliphatic carbocycles. The van der Waals surface area contributed by atoms with Crippen LogP contribution in [0, 0.1) is 18.6 Å². The first-order chi connectivity index (χ1) is 11.3. The molecule has 6 nitrogen and oxygen atoms in total. The molecule has 1 heterocycles. The molecule has 128 valence electrons. The number of rotatable bonds is 5. The second-order valence-corrected chi connectivity index (χ2v) is 5.08. The summed E-state index contributed by atoms with van der Waals surface area (Å²) < 4.78 is 36.0. The Morgan fingerprint density at radius 2 is 2.04 bits per heavy atom. The zero-order chi connectivity index (χ0) is 17.9. The smallest absolute Gasteiger partial charge is 0.344 e. The highest BCUT2D eigenvalue weighted by Gasteiger charge is 2.25. The molecule has 1 amide bonds. The number of benzene rings is 1. The predicted molar refractivity (Wildman–Crippen MR) is 80.5 cm³/mol. The zero-order valence-electron chi connectivity index (χ0n) is 13.4. The minimum atomic E-state index is -1.15. The van der Waals surface area contributed by atoms with Gasteiger partial charge < -0.3 is 14.6 Å². The lowest BCUT2D eigenvalue weighted by atomic mass is 10.1. The fraction of sp³-hybridized carbons (Fsp3) is 0.312. The summed E-state index contributed by atoms with van der Waals surface area (Å²) in [6, 6.07) is 2.92. The monoisotopic (exact) mass is 338 g/mol. The van der Waals surface area contributed by atoms with Crippen molar-refractivity contribution in [1.82, 2.24) is 5.16 Å². The molecule has 8 heteroatoms. The summed E-state index contributed by atoms with van der Waals surface area (Å²) in [7, 11) is 0. The summed E-state index contributed by atoms with van der Waals surface area (Å²) in [5.41, 5.74) is 0.674. The molecule has 0 bridgehead atoms. The van der Waals surface area contributed by atoms with Crippen LogP contribution in [0.2, 0.25) is 0 Å². The van der Waals surface area contributed by atoms with Gasteiger partial charge in [0.15, 0.2) is 17.7 Å². The van der Waals surface area contributed by atoms with Gasteiger partial charge in [-0.25, -0.2) is 13.6 Å². The van der Waals surface area contributed by atoms with Gasteiger partial charge in [-0.05, 0) is 32.4 Å². The molecule has 0 radical (unpaired) electrons. The maximum absolute atomic E-state index is 13.1. The highest BCUT2D eigenvalue weighted by molar-refractivity contribution is 5.98. The summed E-state index contributed by atoms with van der Waals surface area (Å²) in [4.78, 5) is 24.2. The molecule has 0 saturated heterocycles. The largest absolute Gasteiger partial charge is 0.449 e. The second kappa shape index (κ2) is 7.20. The SMILES string of the molecule is CCc1noc(C)c1C(=O)O[C@@H](C)C(=O)Nc1ccc(F)c(F)c1. The van der Waals surface area contributed by atoms with Crippen molar-refractivity contribution in [2.45, 2.75) is 33.3 Å². The average Bonchev–Trinajstić information content (AvgIpc) is 2.91. The van der Waals surface area contributed by atoms with E-state index in [1.807, 2.05) is 0 Å². The lowest BCUT2D eigenvalue weighted by Crippen LogP contribution is -2.30. The van der Waals surface area contributed by atoms with Gasteiger partial charge >= 0.3 is 5.97 Å². The van der Waals surface area contributed by atoms with Crippen LogP contribution >= 0.6 is 0 Å². The number of halogens is 2. The topological polar surface area (TPSA) is 81.4 Å². The fourth-order valence-electron chi connectivity index (χ4n) is 2.01. The van der Waals surface area contributed by atoms with Crippen molar-refractivity contribution in [3.05, 3.63) is 46.9 Å². The van der Waals surface area contributed by atoms with E-state index in [1.54, 1.807) is 13.8 Å². The van der Waals surface area contributed by atoms with E-state index in [0.29, 0.717) is 17.9 Å². The van der Waals surface area contributed by atoms with Crippen LogP contribution in [0.4, 0.5) is 14.5 Å². The molecule has 0 fully saturated rings. The van der Waals surface area contributed by atoms with E-state index in [4.69, 9.17) is 9.26 Å². The molecule has 1 N–H and O–H groups in total. The minimum absolute atomic E-state index is 0.0530. The van der Waals surface area contributed by atoms with Crippen LogP contribution in [-0.2, 0) is 16.0 Å². The Kier molecular flexibility index (Phi) is 5.28. The van der Waals surface area contributed by atoms with Gasteiger partial charge in [0.2, 0.25) is 0 Å². The van der Waals surface area contributed by atoms with Crippen molar-refractivity contribution in [2.75, 3.05) is 5.32 Å². The Balaban J connectivity index is 2.04. The van der Waals surface area contributed by atoms with Gasteiger partial charge in [0.05, 0.1) is 5.69 Å². The van der Waals surface area contributed by atoms with Crippen LogP contribution in [-0.4, -0.2) is 23.1 Å². The number of hydrogen-bond acceptors (Lipinski definition) is 5. The lowest BCUT2D eigenvalue weighted by Gasteiger charge is -2.13. The van der Waals surface area contributed by atoms with Crippen molar-refractivity contribution in [2.24, 2.45) is 0 Å². The minimum Gasteiger partial charge on any atom is -0.449 e. The Hall–Kier alpha value is -2.77. The molecule has 0 spiro atoms. The zero-order valence-corrected chi connectivity index (χ0v) is 13.4. The second-order valence-electron chi connectivity index (χ2n) is 5.08. The van der Waals surface area contributed by atoms with Crippen LogP contribution in [0.5, 0.6) is 0 Å². The van der Waals surface area contributed by atoms with Gasteiger partial charge in [0.25, 0.3) is 5.91 Å². The van der Waals surface area contributed by atoms with E-state index < -0.39 is 29.6 Å². The maximum atomic E-state index is 13.1. The summed E-state index contributed by atoms with van der Waals surface area (Å²) in [5, 5.41) is 6.08. The predicted octanol–water partition coefficient (Wildman–Crippen LogP) is 3.01. The number of nitrogens with one attached hydrogen (secondary N) is 1. The first kappa shape index (κ1) is 17.6. The van der Waals surface area contributed by atoms with E-state index in [2.05, 4.69) is 10.5 Å². The van der Waals surface area contributed by atoms with Gasteiger partial charge in [-0.2, -0.15) is 0 Å². The molecular formula is C16H16F2N2O4. The molecule has 2 aromatic rings. The standard InChI is InChI=1S/C16H16F2N2O4/c1-4-13-14(8(2)24-20-13)16(22)23-9(3)15(21)19-10-5-6-11(17)12(18)7-10/h5-7,9H,4H2,1-3H3,(H,19,21)/t9-/m0/s1. The number of nitrogens with zero attached hydrogens (tertiary/aromatic N) is 1. The molecule has 0 unspecified atom stereocenters. The highest BCUT2D eigenvalue weighted by Crippen LogP contribution is 2.17. The van der Waals surface area contributed by atoms with Crippen LogP contribution in [0.1, 0.15) is 35.7 Å². The lowest BCUT2D eigenvalue weighted by molar-refractivity contribution is -0.123.